The van der Waals surface area contributed by atoms with Gasteiger partial charge in [-0.25, -0.2) is 12.7 Å². The van der Waals surface area contributed by atoms with Gasteiger partial charge in [-0.2, -0.15) is 0 Å². The molecule has 0 bridgehead atoms. The zero-order valence-corrected chi connectivity index (χ0v) is 14.5. The van der Waals surface area contributed by atoms with Gasteiger partial charge in [-0.3, -0.25) is 0 Å². The van der Waals surface area contributed by atoms with E-state index < -0.39 is 10.0 Å². The van der Waals surface area contributed by atoms with Gasteiger partial charge in [0.1, 0.15) is 0 Å². The lowest BCUT2D eigenvalue weighted by Gasteiger charge is -2.43. The Labute approximate surface area is 129 Å². The van der Waals surface area contributed by atoms with E-state index in [0.29, 0.717) is 19.0 Å². The maximum atomic E-state index is 11.7. The maximum absolute atomic E-state index is 11.7. The SMILES string of the molecule is CN(C)C1(C(N)CC2CCCN(S(C)(=O)=O)C2)CCCC1. The summed E-state index contributed by atoms with van der Waals surface area (Å²) in [6.45, 7) is 1.32. The van der Waals surface area contributed by atoms with Gasteiger partial charge < -0.3 is 10.6 Å². The Kier molecular flexibility index (Phi) is 5.34. The van der Waals surface area contributed by atoms with E-state index in [1.807, 2.05) is 0 Å². The zero-order valence-electron chi connectivity index (χ0n) is 13.7. The van der Waals surface area contributed by atoms with Crippen LogP contribution >= 0.6 is 0 Å². The van der Waals surface area contributed by atoms with Crippen molar-refractivity contribution in [1.82, 2.24) is 9.21 Å². The standard InChI is InChI=1S/C15H31N3O2S/c1-17(2)15(8-4-5-9-15)14(16)11-13-7-6-10-18(12-13)21(3,19)20/h13-14H,4-12,16H2,1-3H3. The monoisotopic (exact) mass is 317 g/mol. The molecule has 1 aliphatic carbocycles. The van der Waals surface area contributed by atoms with Crippen LogP contribution in [0.5, 0.6) is 0 Å². The highest BCUT2D eigenvalue weighted by atomic mass is 32.2. The summed E-state index contributed by atoms with van der Waals surface area (Å²) in [5.41, 5.74) is 6.71. The molecule has 0 aromatic carbocycles. The van der Waals surface area contributed by atoms with Crippen LogP contribution in [0.1, 0.15) is 44.9 Å². The van der Waals surface area contributed by atoms with Gasteiger partial charge >= 0.3 is 0 Å². The lowest BCUT2D eigenvalue weighted by Crippen LogP contribution is -2.57. The van der Waals surface area contributed by atoms with E-state index in [2.05, 4.69) is 19.0 Å². The van der Waals surface area contributed by atoms with E-state index in [1.54, 1.807) is 4.31 Å². The van der Waals surface area contributed by atoms with Crippen molar-refractivity contribution >= 4 is 10.0 Å². The maximum Gasteiger partial charge on any atom is 0.211 e. The highest BCUT2D eigenvalue weighted by molar-refractivity contribution is 7.88. The number of nitrogens with two attached hydrogens (primary N) is 1. The van der Waals surface area contributed by atoms with Crippen LogP contribution in [0.2, 0.25) is 0 Å². The number of likely N-dealkylation sites (N-methyl/N-ethyl adjacent to an activating group) is 1. The quantitative estimate of drug-likeness (QED) is 0.829. The molecule has 2 atom stereocenters. The number of hydrogen-bond donors (Lipinski definition) is 1. The highest BCUT2D eigenvalue weighted by Crippen LogP contribution is 2.38. The molecule has 1 saturated carbocycles. The molecule has 0 spiro atoms. The van der Waals surface area contributed by atoms with Gasteiger partial charge in [0.05, 0.1) is 6.26 Å². The normalized spacial score (nSPS) is 28.9. The minimum Gasteiger partial charge on any atom is -0.326 e. The summed E-state index contributed by atoms with van der Waals surface area (Å²) in [5, 5.41) is 0. The van der Waals surface area contributed by atoms with Gasteiger partial charge in [0.2, 0.25) is 10.0 Å². The van der Waals surface area contributed by atoms with E-state index in [0.717, 1.165) is 19.3 Å². The summed E-state index contributed by atoms with van der Waals surface area (Å²) in [5.74, 6) is 0.404. The van der Waals surface area contributed by atoms with Crippen LogP contribution in [-0.4, -0.2) is 62.6 Å². The first-order chi connectivity index (χ1) is 9.75. The molecule has 2 unspecified atom stereocenters. The average Bonchev–Trinajstić information content (AvgIpc) is 2.88. The first-order valence-corrected chi connectivity index (χ1v) is 9.99. The largest absolute Gasteiger partial charge is 0.326 e. The minimum atomic E-state index is -3.06. The van der Waals surface area contributed by atoms with Crippen molar-refractivity contribution in [2.45, 2.75) is 56.5 Å². The van der Waals surface area contributed by atoms with Crippen molar-refractivity contribution in [2.24, 2.45) is 11.7 Å². The van der Waals surface area contributed by atoms with E-state index >= 15 is 0 Å². The predicted molar refractivity (Wildman–Crippen MR) is 86.6 cm³/mol. The molecule has 2 aliphatic rings. The molecular weight excluding hydrogens is 286 g/mol. The zero-order chi connectivity index (χ0) is 15.7. The molecule has 0 aromatic rings. The Morgan fingerprint density at radius 3 is 2.43 bits per heavy atom. The highest BCUT2D eigenvalue weighted by Gasteiger charge is 2.42. The lowest BCUT2D eigenvalue weighted by molar-refractivity contribution is 0.102. The van der Waals surface area contributed by atoms with Gasteiger partial charge in [-0.15, -0.1) is 0 Å². The third kappa shape index (κ3) is 3.78. The van der Waals surface area contributed by atoms with E-state index in [9.17, 15) is 8.42 Å². The molecular formula is C15H31N3O2S. The Hall–Kier alpha value is -0.170. The van der Waals surface area contributed by atoms with Gasteiger partial charge in [0.15, 0.2) is 0 Å². The first-order valence-electron chi connectivity index (χ1n) is 8.14. The average molecular weight is 317 g/mol. The van der Waals surface area contributed by atoms with Gasteiger partial charge in [0, 0.05) is 24.7 Å². The number of hydrogen-bond acceptors (Lipinski definition) is 4. The van der Waals surface area contributed by atoms with Crippen LogP contribution in [0.25, 0.3) is 0 Å². The molecule has 124 valence electrons. The molecule has 1 aliphatic heterocycles. The van der Waals surface area contributed by atoms with Crippen LogP contribution in [-0.2, 0) is 10.0 Å². The lowest BCUT2D eigenvalue weighted by atomic mass is 9.80. The topological polar surface area (TPSA) is 66.6 Å². The molecule has 6 heteroatoms. The number of sulfonamides is 1. The molecule has 21 heavy (non-hydrogen) atoms. The summed E-state index contributed by atoms with van der Waals surface area (Å²) in [4.78, 5) is 2.31. The number of piperidine rings is 1. The van der Waals surface area contributed by atoms with Gasteiger partial charge in [-0.05, 0) is 52.1 Å². The van der Waals surface area contributed by atoms with E-state index in [-0.39, 0.29) is 11.6 Å². The fourth-order valence-corrected chi connectivity index (χ4v) is 5.18. The number of nitrogens with zero attached hydrogens (tertiary/aromatic N) is 2. The van der Waals surface area contributed by atoms with Crippen molar-refractivity contribution in [3.05, 3.63) is 0 Å². The van der Waals surface area contributed by atoms with Crippen molar-refractivity contribution in [3.8, 4) is 0 Å². The Morgan fingerprint density at radius 2 is 1.90 bits per heavy atom. The molecule has 1 heterocycles. The van der Waals surface area contributed by atoms with Crippen molar-refractivity contribution in [2.75, 3.05) is 33.4 Å². The van der Waals surface area contributed by atoms with Crippen LogP contribution in [0.15, 0.2) is 0 Å². The third-order valence-electron chi connectivity index (χ3n) is 5.59. The fraction of sp³-hybridized carbons (Fsp3) is 1.00. The van der Waals surface area contributed by atoms with Crippen LogP contribution in [0.3, 0.4) is 0 Å². The second-order valence-corrected chi connectivity index (χ2v) is 9.16. The molecule has 2 rings (SSSR count). The molecule has 5 nitrogen and oxygen atoms in total. The van der Waals surface area contributed by atoms with Crippen molar-refractivity contribution in [3.63, 3.8) is 0 Å². The van der Waals surface area contributed by atoms with E-state index in [1.165, 1.54) is 31.9 Å². The minimum absolute atomic E-state index is 0.118. The van der Waals surface area contributed by atoms with Crippen molar-refractivity contribution < 1.29 is 8.42 Å². The second-order valence-electron chi connectivity index (χ2n) is 7.18. The Morgan fingerprint density at radius 1 is 1.29 bits per heavy atom. The first kappa shape index (κ1) is 17.2. The smallest absolute Gasteiger partial charge is 0.211 e. The molecule has 0 aromatic heterocycles. The Bertz CT molecular complexity index is 444. The summed E-state index contributed by atoms with van der Waals surface area (Å²) in [7, 11) is 1.20. The summed E-state index contributed by atoms with van der Waals surface area (Å²) < 4.78 is 25.1. The van der Waals surface area contributed by atoms with E-state index in [4.69, 9.17) is 5.73 Å². The van der Waals surface area contributed by atoms with Crippen LogP contribution in [0.4, 0.5) is 0 Å². The second kappa shape index (κ2) is 6.52. The summed E-state index contributed by atoms with van der Waals surface area (Å²) >= 11 is 0. The van der Waals surface area contributed by atoms with Crippen LogP contribution in [0, 0.1) is 5.92 Å². The van der Waals surface area contributed by atoms with Crippen LogP contribution < -0.4 is 5.73 Å². The summed E-state index contributed by atoms with van der Waals surface area (Å²) in [6.07, 6.45) is 9.16. The Balaban J connectivity index is 2.00. The van der Waals surface area contributed by atoms with Gasteiger partial charge in [0.25, 0.3) is 0 Å². The molecule has 2 N–H and O–H groups in total. The third-order valence-corrected chi connectivity index (χ3v) is 6.86. The fourth-order valence-electron chi connectivity index (χ4n) is 4.24. The van der Waals surface area contributed by atoms with Gasteiger partial charge in [-0.1, -0.05) is 12.8 Å². The molecule has 2 fully saturated rings. The molecule has 0 amide bonds. The molecule has 1 saturated heterocycles. The number of rotatable bonds is 5. The predicted octanol–water partition coefficient (Wildman–Crippen LogP) is 1.25. The summed E-state index contributed by atoms with van der Waals surface area (Å²) in [6, 6.07) is 0.138. The van der Waals surface area contributed by atoms with Crippen molar-refractivity contribution in [1.29, 1.82) is 0 Å². The molecule has 0 radical (unpaired) electrons.